The number of likely N-dealkylation sites (tertiary alicyclic amines) is 1. The Kier molecular flexibility index (Phi) is 4.88. The summed E-state index contributed by atoms with van der Waals surface area (Å²) >= 11 is 0. The van der Waals surface area contributed by atoms with Gasteiger partial charge in [-0.05, 0) is 49.4 Å². The first-order chi connectivity index (χ1) is 11.6. The molecule has 0 bridgehead atoms. The number of hydrogen-bond acceptors (Lipinski definition) is 3. The fourth-order valence-electron chi connectivity index (χ4n) is 3.27. The van der Waals surface area contributed by atoms with Crippen molar-refractivity contribution in [1.82, 2.24) is 14.7 Å². The molecule has 1 aromatic heterocycles. The second-order valence-electron chi connectivity index (χ2n) is 6.56. The van der Waals surface area contributed by atoms with Crippen molar-refractivity contribution >= 4 is 5.91 Å². The van der Waals surface area contributed by atoms with Gasteiger partial charge in [0.2, 0.25) is 0 Å². The maximum Gasteiger partial charge on any atom is 0.257 e. The first-order valence-corrected chi connectivity index (χ1v) is 8.63. The van der Waals surface area contributed by atoms with E-state index in [0.717, 1.165) is 48.6 Å². The van der Waals surface area contributed by atoms with E-state index in [1.54, 1.807) is 13.3 Å². The number of nitrogens with zero attached hydrogens (tertiary/aromatic N) is 3. The van der Waals surface area contributed by atoms with Crippen molar-refractivity contribution in [3.8, 4) is 11.4 Å². The van der Waals surface area contributed by atoms with Crippen LogP contribution < -0.4 is 4.74 Å². The van der Waals surface area contributed by atoms with Gasteiger partial charge in [0.25, 0.3) is 5.91 Å². The summed E-state index contributed by atoms with van der Waals surface area (Å²) in [5, 5.41) is 4.51. The number of carbonyl (C=O) groups is 1. The number of aromatic nitrogens is 2. The lowest BCUT2D eigenvalue weighted by Gasteiger charge is -2.27. The zero-order valence-electron chi connectivity index (χ0n) is 14.7. The van der Waals surface area contributed by atoms with Crippen molar-refractivity contribution in [2.45, 2.75) is 39.0 Å². The summed E-state index contributed by atoms with van der Waals surface area (Å²) in [7, 11) is 1.65. The predicted molar refractivity (Wildman–Crippen MR) is 94.0 cm³/mol. The summed E-state index contributed by atoms with van der Waals surface area (Å²) in [6.45, 7) is 5.90. The van der Waals surface area contributed by atoms with Crippen LogP contribution in [0.3, 0.4) is 0 Å². The third-order valence-corrected chi connectivity index (χ3v) is 4.54. The van der Waals surface area contributed by atoms with Gasteiger partial charge >= 0.3 is 0 Å². The third-order valence-electron chi connectivity index (χ3n) is 4.54. The standard InChI is InChI=1S/C19H25N3O2/c1-14(2)18-17(19(23)21-11-5-4-6-12-21)13-20-22(18)15-7-9-16(24-3)10-8-15/h7-10,13-14H,4-6,11-12H2,1-3H3. The van der Waals surface area contributed by atoms with Gasteiger partial charge in [-0.2, -0.15) is 5.10 Å². The van der Waals surface area contributed by atoms with Gasteiger partial charge in [0.05, 0.1) is 30.3 Å². The lowest BCUT2D eigenvalue weighted by Crippen LogP contribution is -2.36. The first-order valence-electron chi connectivity index (χ1n) is 8.63. The van der Waals surface area contributed by atoms with Crippen molar-refractivity contribution in [2.75, 3.05) is 20.2 Å². The molecule has 2 aromatic rings. The van der Waals surface area contributed by atoms with E-state index in [0.29, 0.717) is 0 Å². The normalized spacial score (nSPS) is 14.9. The number of amides is 1. The molecule has 5 heteroatoms. The summed E-state index contributed by atoms with van der Waals surface area (Å²) in [6.07, 6.45) is 5.12. The van der Waals surface area contributed by atoms with Crippen LogP contribution in [0.4, 0.5) is 0 Å². The monoisotopic (exact) mass is 327 g/mol. The molecule has 0 saturated carbocycles. The highest BCUT2D eigenvalue weighted by atomic mass is 16.5. The predicted octanol–water partition coefficient (Wildman–Crippen LogP) is 3.63. The summed E-state index contributed by atoms with van der Waals surface area (Å²) in [4.78, 5) is 14.9. The number of methoxy groups -OCH3 is 1. The number of rotatable bonds is 4. The van der Waals surface area contributed by atoms with Crippen LogP contribution in [0.1, 0.15) is 55.1 Å². The molecule has 3 rings (SSSR count). The number of hydrogen-bond donors (Lipinski definition) is 0. The Morgan fingerprint density at radius 2 is 1.79 bits per heavy atom. The molecular formula is C19H25N3O2. The molecule has 0 radical (unpaired) electrons. The van der Waals surface area contributed by atoms with E-state index in [9.17, 15) is 4.79 Å². The lowest BCUT2D eigenvalue weighted by molar-refractivity contribution is 0.0722. The van der Waals surface area contributed by atoms with Gasteiger partial charge in [-0.15, -0.1) is 0 Å². The highest BCUT2D eigenvalue weighted by Crippen LogP contribution is 2.26. The van der Waals surface area contributed by atoms with E-state index in [1.165, 1.54) is 6.42 Å². The van der Waals surface area contributed by atoms with Gasteiger partial charge in [-0.25, -0.2) is 4.68 Å². The third kappa shape index (κ3) is 3.16. The van der Waals surface area contributed by atoms with E-state index in [1.807, 2.05) is 33.8 Å². The van der Waals surface area contributed by atoms with Gasteiger partial charge < -0.3 is 9.64 Å². The average molecular weight is 327 g/mol. The number of carbonyl (C=O) groups excluding carboxylic acids is 1. The van der Waals surface area contributed by atoms with Crippen LogP contribution in [-0.4, -0.2) is 40.8 Å². The largest absolute Gasteiger partial charge is 0.497 e. The van der Waals surface area contributed by atoms with Crippen LogP contribution in [0.25, 0.3) is 5.69 Å². The van der Waals surface area contributed by atoms with E-state index in [-0.39, 0.29) is 11.8 Å². The summed E-state index contributed by atoms with van der Waals surface area (Å²) in [6, 6.07) is 7.75. The summed E-state index contributed by atoms with van der Waals surface area (Å²) < 4.78 is 7.09. The minimum Gasteiger partial charge on any atom is -0.497 e. The molecule has 0 atom stereocenters. The maximum absolute atomic E-state index is 12.9. The van der Waals surface area contributed by atoms with Crippen molar-refractivity contribution in [3.05, 3.63) is 41.7 Å². The van der Waals surface area contributed by atoms with Crippen molar-refractivity contribution in [1.29, 1.82) is 0 Å². The highest BCUT2D eigenvalue weighted by molar-refractivity contribution is 5.95. The van der Waals surface area contributed by atoms with Crippen LogP contribution in [0, 0.1) is 0 Å². The van der Waals surface area contributed by atoms with Crippen molar-refractivity contribution in [3.63, 3.8) is 0 Å². The zero-order chi connectivity index (χ0) is 17.1. The minimum absolute atomic E-state index is 0.109. The first kappa shape index (κ1) is 16.6. The smallest absolute Gasteiger partial charge is 0.257 e. The molecule has 5 nitrogen and oxygen atoms in total. The Morgan fingerprint density at radius 1 is 1.12 bits per heavy atom. The zero-order valence-corrected chi connectivity index (χ0v) is 14.7. The minimum atomic E-state index is 0.109. The van der Waals surface area contributed by atoms with Crippen LogP contribution in [-0.2, 0) is 0 Å². The molecule has 1 aromatic carbocycles. The van der Waals surface area contributed by atoms with Gasteiger partial charge in [-0.1, -0.05) is 13.8 Å². The molecule has 0 spiro atoms. The molecule has 128 valence electrons. The highest BCUT2D eigenvalue weighted by Gasteiger charge is 2.25. The molecule has 2 heterocycles. The number of piperidine rings is 1. The van der Waals surface area contributed by atoms with Gasteiger partial charge in [-0.3, -0.25) is 4.79 Å². The van der Waals surface area contributed by atoms with Gasteiger partial charge in [0, 0.05) is 13.1 Å². The number of benzene rings is 1. The molecule has 1 aliphatic heterocycles. The van der Waals surface area contributed by atoms with Gasteiger partial charge in [0.1, 0.15) is 5.75 Å². The van der Waals surface area contributed by atoms with E-state index < -0.39 is 0 Å². The molecule has 1 amide bonds. The average Bonchev–Trinajstić information content (AvgIpc) is 3.07. The Morgan fingerprint density at radius 3 is 2.38 bits per heavy atom. The van der Waals surface area contributed by atoms with E-state index in [2.05, 4.69) is 18.9 Å². The SMILES string of the molecule is COc1ccc(-n2ncc(C(=O)N3CCCCC3)c2C(C)C)cc1. The molecule has 0 N–H and O–H groups in total. The van der Waals surface area contributed by atoms with Crippen molar-refractivity contribution in [2.24, 2.45) is 0 Å². The second-order valence-corrected chi connectivity index (χ2v) is 6.56. The Balaban J connectivity index is 1.96. The second kappa shape index (κ2) is 7.07. The maximum atomic E-state index is 12.9. The van der Waals surface area contributed by atoms with Crippen LogP contribution in [0.2, 0.25) is 0 Å². The molecule has 0 aliphatic carbocycles. The van der Waals surface area contributed by atoms with Crippen LogP contribution in [0.5, 0.6) is 5.75 Å². The molecular weight excluding hydrogens is 302 g/mol. The molecule has 24 heavy (non-hydrogen) atoms. The molecule has 1 fully saturated rings. The van der Waals surface area contributed by atoms with Gasteiger partial charge in [0.15, 0.2) is 0 Å². The van der Waals surface area contributed by atoms with Crippen molar-refractivity contribution < 1.29 is 9.53 Å². The quantitative estimate of drug-likeness (QED) is 0.861. The summed E-state index contributed by atoms with van der Waals surface area (Å²) in [5.41, 5.74) is 2.63. The topological polar surface area (TPSA) is 47.4 Å². The summed E-state index contributed by atoms with van der Waals surface area (Å²) in [5.74, 6) is 1.12. The Bertz CT molecular complexity index is 698. The van der Waals surface area contributed by atoms with E-state index in [4.69, 9.17) is 4.74 Å². The van der Waals surface area contributed by atoms with Crippen LogP contribution in [0.15, 0.2) is 30.5 Å². The lowest BCUT2D eigenvalue weighted by atomic mass is 10.0. The molecule has 1 aliphatic rings. The molecule has 0 unspecified atom stereocenters. The Labute approximate surface area is 143 Å². The van der Waals surface area contributed by atoms with E-state index >= 15 is 0 Å². The fraction of sp³-hybridized carbons (Fsp3) is 0.474. The van der Waals surface area contributed by atoms with Crippen LogP contribution >= 0.6 is 0 Å². The molecule has 1 saturated heterocycles. The number of ether oxygens (including phenoxy) is 1. The Hall–Kier alpha value is -2.30. The fourth-order valence-corrected chi connectivity index (χ4v) is 3.27.